The minimum absolute atomic E-state index is 0.259. The molecule has 2 rings (SSSR count). The lowest BCUT2D eigenvalue weighted by Crippen LogP contribution is -2.36. The van der Waals surface area contributed by atoms with Crippen LogP contribution < -0.4 is 5.32 Å². The minimum Gasteiger partial charge on any atom is -0.310 e. The first kappa shape index (κ1) is 16.3. The Kier molecular flexibility index (Phi) is 4.61. The van der Waals surface area contributed by atoms with E-state index in [0.717, 1.165) is 31.4 Å². The van der Waals surface area contributed by atoms with E-state index >= 15 is 0 Å². The molecule has 0 heterocycles. The summed E-state index contributed by atoms with van der Waals surface area (Å²) in [6.45, 7) is 4.66. The number of rotatable bonds is 3. The Labute approximate surface area is 122 Å². The van der Waals surface area contributed by atoms with E-state index in [9.17, 15) is 17.6 Å². The zero-order valence-electron chi connectivity index (χ0n) is 12.4. The van der Waals surface area contributed by atoms with Crippen LogP contribution in [0, 0.1) is 11.2 Å². The van der Waals surface area contributed by atoms with E-state index in [0.29, 0.717) is 11.6 Å². The first-order valence-corrected chi connectivity index (χ1v) is 7.26. The Morgan fingerprint density at radius 1 is 1.24 bits per heavy atom. The van der Waals surface area contributed by atoms with E-state index in [1.807, 2.05) is 0 Å². The highest BCUT2D eigenvalue weighted by Gasteiger charge is 2.31. The lowest BCUT2D eigenvalue weighted by molar-refractivity contribution is -0.137. The van der Waals surface area contributed by atoms with Gasteiger partial charge in [0.25, 0.3) is 0 Å². The number of benzene rings is 1. The van der Waals surface area contributed by atoms with Gasteiger partial charge in [-0.3, -0.25) is 0 Å². The fourth-order valence-corrected chi connectivity index (χ4v) is 3.05. The van der Waals surface area contributed by atoms with Crippen molar-refractivity contribution in [3.8, 4) is 0 Å². The van der Waals surface area contributed by atoms with Crippen molar-refractivity contribution >= 4 is 0 Å². The number of halogens is 4. The molecule has 1 unspecified atom stereocenters. The van der Waals surface area contributed by atoms with Gasteiger partial charge in [0.1, 0.15) is 5.82 Å². The molecule has 118 valence electrons. The molecule has 5 heteroatoms. The first-order chi connectivity index (χ1) is 9.66. The second kappa shape index (κ2) is 5.95. The highest BCUT2D eigenvalue weighted by Crippen LogP contribution is 2.35. The third-order valence-corrected chi connectivity index (χ3v) is 4.08. The Morgan fingerprint density at radius 3 is 2.57 bits per heavy atom. The Morgan fingerprint density at radius 2 is 1.95 bits per heavy atom. The molecule has 1 aromatic carbocycles. The molecule has 0 bridgehead atoms. The van der Waals surface area contributed by atoms with Crippen molar-refractivity contribution in [2.24, 2.45) is 5.41 Å². The van der Waals surface area contributed by atoms with Crippen molar-refractivity contribution < 1.29 is 17.6 Å². The SMILES string of the molecule is CC1(C)CCCC(NCc2cc(F)cc(C(F)(F)F)c2)C1. The average Bonchev–Trinajstić information content (AvgIpc) is 2.33. The van der Waals surface area contributed by atoms with Gasteiger partial charge >= 0.3 is 6.18 Å². The topological polar surface area (TPSA) is 12.0 Å². The summed E-state index contributed by atoms with van der Waals surface area (Å²) < 4.78 is 51.3. The average molecular weight is 303 g/mol. The highest BCUT2D eigenvalue weighted by molar-refractivity contribution is 5.26. The molecule has 1 saturated carbocycles. The summed E-state index contributed by atoms with van der Waals surface area (Å²) in [4.78, 5) is 0. The molecule has 1 aliphatic carbocycles. The molecule has 0 spiro atoms. The summed E-state index contributed by atoms with van der Waals surface area (Å²) in [6, 6.07) is 3.00. The van der Waals surface area contributed by atoms with E-state index in [-0.39, 0.29) is 18.0 Å². The van der Waals surface area contributed by atoms with Crippen molar-refractivity contribution in [3.05, 3.63) is 35.1 Å². The summed E-state index contributed by atoms with van der Waals surface area (Å²) >= 11 is 0. The van der Waals surface area contributed by atoms with Gasteiger partial charge in [0.2, 0.25) is 0 Å². The maximum absolute atomic E-state index is 13.3. The smallest absolute Gasteiger partial charge is 0.310 e. The second-order valence-corrected chi connectivity index (χ2v) is 6.68. The lowest BCUT2D eigenvalue weighted by atomic mass is 9.75. The molecule has 1 aliphatic rings. The summed E-state index contributed by atoms with van der Waals surface area (Å²) in [5.74, 6) is -0.842. The van der Waals surface area contributed by atoms with Crippen molar-refractivity contribution in [1.82, 2.24) is 5.32 Å². The van der Waals surface area contributed by atoms with E-state index in [1.165, 1.54) is 6.42 Å². The van der Waals surface area contributed by atoms with Gasteiger partial charge in [0.05, 0.1) is 5.56 Å². The van der Waals surface area contributed by atoms with Crippen LogP contribution in [0.1, 0.15) is 50.7 Å². The van der Waals surface area contributed by atoms with Crippen LogP contribution in [0.25, 0.3) is 0 Å². The van der Waals surface area contributed by atoms with Crippen LogP contribution >= 0.6 is 0 Å². The fourth-order valence-electron chi connectivity index (χ4n) is 3.05. The molecule has 0 radical (unpaired) electrons. The minimum atomic E-state index is -4.51. The quantitative estimate of drug-likeness (QED) is 0.783. The summed E-state index contributed by atoms with van der Waals surface area (Å²) in [5, 5.41) is 3.27. The van der Waals surface area contributed by atoms with Crippen molar-refractivity contribution in [3.63, 3.8) is 0 Å². The molecule has 0 amide bonds. The van der Waals surface area contributed by atoms with Gasteiger partial charge in [0, 0.05) is 12.6 Å². The molecule has 1 N–H and O–H groups in total. The highest BCUT2D eigenvalue weighted by atomic mass is 19.4. The largest absolute Gasteiger partial charge is 0.416 e. The number of hydrogen-bond acceptors (Lipinski definition) is 1. The molecule has 1 atom stereocenters. The molecule has 0 aliphatic heterocycles. The molecule has 1 nitrogen and oxygen atoms in total. The van der Waals surface area contributed by atoms with Crippen LogP contribution in [0.3, 0.4) is 0 Å². The predicted molar refractivity (Wildman–Crippen MR) is 74.3 cm³/mol. The first-order valence-electron chi connectivity index (χ1n) is 7.26. The van der Waals surface area contributed by atoms with E-state index in [1.54, 1.807) is 0 Å². The van der Waals surface area contributed by atoms with Crippen LogP contribution in [0.4, 0.5) is 17.6 Å². The third-order valence-electron chi connectivity index (χ3n) is 4.08. The van der Waals surface area contributed by atoms with Crippen molar-refractivity contribution in [1.29, 1.82) is 0 Å². The summed E-state index contributed by atoms with van der Waals surface area (Å²) in [7, 11) is 0. The second-order valence-electron chi connectivity index (χ2n) is 6.68. The van der Waals surface area contributed by atoms with Crippen molar-refractivity contribution in [2.45, 2.75) is 58.3 Å². The molecule has 0 saturated heterocycles. The maximum atomic E-state index is 13.3. The van der Waals surface area contributed by atoms with E-state index < -0.39 is 17.6 Å². The third kappa shape index (κ3) is 4.70. The summed E-state index contributed by atoms with van der Waals surface area (Å²) in [6.07, 6.45) is -0.214. The Hall–Kier alpha value is -1.10. The standard InChI is InChI=1S/C16H21F4N/c1-15(2)5-3-4-14(9-15)21-10-11-6-12(16(18,19)20)8-13(17)7-11/h6-8,14,21H,3-5,9-10H2,1-2H3. The van der Waals surface area contributed by atoms with Gasteiger partial charge in [-0.25, -0.2) is 4.39 Å². The van der Waals surface area contributed by atoms with Gasteiger partial charge in [-0.2, -0.15) is 13.2 Å². The molecule has 21 heavy (non-hydrogen) atoms. The molecular weight excluding hydrogens is 282 g/mol. The van der Waals surface area contributed by atoms with Gasteiger partial charge in [-0.05, 0) is 48.4 Å². The number of alkyl halides is 3. The molecular formula is C16H21F4N. The van der Waals surface area contributed by atoms with E-state index in [2.05, 4.69) is 19.2 Å². The van der Waals surface area contributed by atoms with E-state index in [4.69, 9.17) is 0 Å². The van der Waals surface area contributed by atoms with Crippen LogP contribution in [-0.2, 0) is 12.7 Å². The summed E-state index contributed by atoms with van der Waals surface area (Å²) in [5.41, 5.74) is -0.330. The predicted octanol–water partition coefficient (Wildman–Crippen LogP) is 4.90. The monoisotopic (exact) mass is 303 g/mol. The van der Waals surface area contributed by atoms with Gasteiger partial charge < -0.3 is 5.32 Å². The van der Waals surface area contributed by atoms with Crippen LogP contribution in [0.5, 0.6) is 0 Å². The Bertz CT molecular complexity index is 494. The van der Waals surface area contributed by atoms with Crippen LogP contribution in [0.15, 0.2) is 18.2 Å². The van der Waals surface area contributed by atoms with Crippen LogP contribution in [-0.4, -0.2) is 6.04 Å². The zero-order chi connectivity index (χ0) is 15.7. The maximum Gasteiger partial charge on any atom is 0.416 e. The van der Waals surface area contributed by atoms with Gasteiger partial charge in [0.15, 0.2) is 0 Å². The van der Waals surface area contributed by atoms with Crippen LogP contribution in [0.2, 0.25) is 0 Å². The zero-order valence-corrected chi connectivity index (χ0v) is 12.4. The number of nitrogens with one attached hydrogen (secondary N) is 1. The fraction of sp³-hybridized carbons (Fsp3) is 0.625. The van der Waals surface area contributed by atoms with Gasteiger partial charge in [-0.1, -0.05) is 20.3 Å². The lowest BCUT2D eigenvalue weighted by Gasteiger charge is -2.35. The van der Waals surface area contributed by atoms with Crippen molar-refractivity contribution in [2.75, 3.05) is 0 Å². The van der Waals surface area contributed by atoms with Gasteiger partial charge in [-0.15, -0.1) is 0 Å². The molecule has 1 fully saturated rings. The molecule has 1 aromatic rings. The molecule has 0 aromatic heterocycles. The normalized spacial score (nSPS) is 22.3. The Balaban J connectivity index is 2.02. The number of hydrogen-bond donors (Lipinski definition) is 1.